The molecule has 0 bridgehead atoms. The second kappa shape index (κ2) is 6.73. The highest BCUT2D eigenvalue weighted by atomic mass is 35.5. The Morgan fingerprint density at radius 3 is 2.50 bits per heavy atom. The number of aromatic nitrogens is 1. The fourth-order valence-electron chi connectivity index (χ4n) is 1.88. The highest BCUT2D eigenvalue weighted by Gasteiger charge is 2.04. The van der Waals surface area contributed by atoms with Gasteiger partial charge >= 0.3 is 0 Å². The summed E-state index contributed by atoms with van der Waals surface area (Å²) >= 11 is 7.41. The maximum atomic E-state index is 5.96. The Labute approximate surface area is 138 Å². The van der Waals surface area contributed by atoms with Crippen LogP contribution < -0.4 is 10.5 Å². The van der Waals surface area contributed by atoms with Crippen molar-refractivity contribution in [1.29, 1.82) is 0 Å². The van der Waals surface area contributed by atoms with Crippen LogP contribution in [0.5, 0.6) is 11.5 Å². The third-order valence-electron chi connectivity index (χ3n) is 2.81. The molecule has 0 spiro atoms. The molecular formula is C17H13ClN2OS. The largest absolute Gasteiger partial charge is 0.457 e. The van der Waals surface area contributed by atoms with Crippen LogP contribution in [0, 0.1) is 0 Å². The van der Waals surface area contributed by atoms with Crippen molar-refractivity contribution in [2.75, 3.05) is 5.73 Å². The number of anilines is 1. The van der Waals surface area contributed by atoms with E-state index in [0.29, 0.717) is 22.2 Å². The molecule has 0 unspecified atom stereocenters. The number of halogens is 1. The van der Waals surface area contributed by atoms with Gasteiger partial charge in [-0.1, -0.05) is 29.4 Å². The van der Waals surface area contributed by atoms with E-state index in [9.17, 15) is 0 Å². The van der Waals surface area contributed by atoms with Gasteiger partial charge in [-0.05, 0) is 48.5 Å². The van der Waals surface area contributed by atoms with E-state index in [1.807, 2.05) is 42.5 Å². The quantitative estimate of drug-likeness (QED) is 0.663. The minimum Gasteiger partial charge on any atom is -0.457 e. The van der Waals surface area contributed by atoms with Crippen molar-refractivity contribution in [2.45, 2.75) is 9.92 Å². The van der Waals surface area contributed by atoms with Crippen molar-refractivity contribution in [3.05, 3.63) is 71.9 Å². The lowest BCUT2D eigenvalue weighted by Crippen LogP contribution is -1.90. The van der Waals surface area contributed by atoms with Crippen molar-refractivity contribution in [3.8, 4) is 11.5 Å². The van der Waals surface area contributed by atoms with Gasteiger partial charge in [-0.15, -0.1) is 0 Å². The minimum atomic E-state index is 0.643. The van der Waals surface area contributed by atoms with Gasteiger partial charge in [0.1, 0.15) is 16.5 Å². The summed E-state index contributed by atoms with van der Waals surface area (Å²) in [6.45, 7) is 0. The van der Waals surface area contributed by atoms with Gasteiger partial charge in [-0.2, -0.15) is 0 Å². The summed E-state index contributed by atoms with van der Waals surface area (Å²) < 4.78 is 5.82. The molecule has 22 heavy (non-hydrogen) atoms. The molecule has 0 fully saturated rings. The first-order valence-electron chi connectivity index (χ1n) is 6.62. The van der Waals surface area contributed by atoms with Crippen LogP contribution in [0.4, 0.5) is 5.69 Å². The van der Waals surface area contributed by atoms with Gasteiger partial charge in [-0.3, -0.25) is 0 Å². The monoisotopic (exact) mass is 328 g/mol. The van der Waals surface area contributed by atoms with Crippen LogP contribution >= 0.6 is 23.4 Å². The molecular weight excluding hydrogens is 316 g/mol. The fourth-order valence-corrected chi connectivity index (χ4v) is 2.88. The molecule has 1 aromatic heterocycles. The molecule has 0 saturated carbocycles. The Kier molecular flexibility index (Phi) is 4.51. The van der Waals surface area contributed by atoms with E-state index in [4.69, 9.17) is 22.1 Å². The SMILES string of the molecule is Nc1cc(Oc2ccc(Cl)cc2)cc(Sc2ccccn2)c1. The van der Waals surface area contributed by atoms with Gasteiger partial charge in [-0.25, -0.2) is 4.98 Å². The third kappa shape index (κ3) is 3.93. The van der Waals surface area contributed by atoms with Gasteiger partial charge in [0.25, 0.3) is 0 Å². The lowest BCUT2D eigenvalue weighted by atomic mass is 10.3. The molecule has 110 valence electrons. The van der Waals surface area contributed by atoms with Gasteiger partial charge in [0.15, 0.2) is 0 Å². The molecule has 2 aromatic carbocycles. The highest BCUT2D eigenvalue weighted by Crippen LogP contribution is 2.33. The van der Waals surface area contributed by atoms with E-state index in [1.165, 1.54) is 11.8 Å². The number of ether oxygens (including phenoxy) is 1. The van der Waals surface area contributed by atoms with Gasteiger partial charge in [0, 0.05) is 27.9 Å². The van der Waals surface area contributed by atoms with E-state index < -0.39 is 0 Å². The summed E-state index contributed by atoms with van der Waals surface area (Å²) in [5.41, 5.74) is 6.60. The molecule has 0 amide bonds. The van der Waals surface area contributed by atoms with E-state index in [-0.39, 0.29) is 0 Å². The van der Waals surface area contributed by atoms with E-state index in [1.54, 1.807) is 24.4 Å². The maximum Gasteiger partial charge on any atom is 0.130 e. The van der Waals surface area contributed by atoms with Crippen LogP contribution in [0.2, 0.25) is 5.02 Å². The molecule has 3 rings (SSSR count). The van der Waals surface area contributed by atoms with Crippen molar-refractivity contribution in [2.24, 2.45) is 0 Å². The Morgan fingerprint density at radius 2 is 1.77 bits per heavy atom. The van der Waals surface area contributed by atoms with Gasteiger partial charge in [0.2, 0.25) is 0 Å². The first-order valence-corrected chi connectivity index (χ1v) is 7.81. The van der Waals surface area contributed by atoms with E-state index in [2.05, 4.69) is 4.98 Å². The zero-order valence-corrected chi connectivity index (χ0v) is 13.1. The average Bonchev–Trinajstić information content (AvgIpc) is 2.50. The number of benzene rings is 2. The number of pyridine rings is 1. The molecule has 0 saturated heterocycles. The minimum absolute atomic E-state index is 0.643. The summed E-state index contributed by atoms with van der Waals surface area (Å²) in [4.78, 5) is 5.27. The summed E-state index contributed by atoms with van der Waals surface area (Å²) in [6, 6.07) is 18.6. The van der Waals surface area contributed by atoms with Gasteiger partial charge in [0.05, 0.1) is 0 Å². The second-order valence-corrected chi connectivity index (χ2v) is 6.09. The second-order valence-electron chi connectivity index (χ2n) is 4.56. The normalized spacial score (nSPS) is 10.4. The molecule has 2 N–H and O–H groups in total. The number of rotatable bonds is 4. The predicted molar refractivity (Wildman–Crippen MR) is 90.7 cm³/mol. The molecule has 0 aliphatic carbocycles. The highest BCUT2D eigenvalue weighted by molar-refractivity contribution is 7.99. The van der Waals surface area contributed by atoms with Crippen molar-refractivity contribution in [1.82, 2.24) is 4.98 Å². The van der Waals surface area contributed by atoms with Crippen LogP contribution in [-0.2, 0) is 0 Å². The lowest BCUT2D eigenvalue weighted by molar-refractivity contribution is 0.481. The van der Waals surface area contributed by atoms with Gasteiger partial charge < -0.3 is 10.5 Å². The van der Waals surface area contributed by atoms with E-state index >= 15 is 0 Å². The molecule has 0 radical (unpaired) electrons. The van der Waals surface area contributed by atoms with Crippen molar-refractivity contribution >= 4 is 29.1 Å². The number of nitrogens with zero attached hydrogens (tertiary/aromatic N) is 1. The third-order valence-corrected chi connectivity index (χ3v) is 3.99. The first kappa shape index (κ1) is 14.8. The Bertz CT molecular complexity index is 763. The van der Waals surface area contributed by atoms with Crippen molar-refractivity contribution in [3.63, 3.8) is 0 Å². The van der Waals surface area contributed by atoms with Crippen LogP contribution in [0.25, 0.3) is 0 Å². The number of hydrogen-bond donors (Lipinski definition) is 1. The smallest absolute Gasteiger partial charge is 0.130 e. The molecule has 5 heteroatoms. The van der Waals surface area contributed by atoms with Crippen LogP contribution in [0.3, 0.4) is 0 Å². The molecule has 3 aromatic rings. The molecule has 1 heterocycles. The standard InChI is InChI=1S/C17H13ClN2OS/c18-12-4-6-14(7-5-12)21-15-9-13(19)10-16(11-15)22-17-3-1-2-8-20-17/h1-11H,19H2. The Balaban J connectivity index is 1.82. The summed E-state index contributed by atoms with van der Waals surface area (Å²) in [6.07, 6.45) is 1.76. The summed E-state index contributed by atoms with van der Waals surface area (Å²) in [7, 11) is 0. The zero-order valence-electron chi connectivity index (χ0n) is 11.6. The molecule has 3 nitrogen and oxygen atoms in total. The number of hydrogen-bond acceptors (Lipinski definition) is 4. The topological polar surface area (TPSA) is 48.1 Å². The first-order chi connectivity index (χ1) is 10.7. The molecule has 0 aliphatic rings. The summed E-state index contributed by atoms with van der Waals surface area (Å²) in [5, 5.41) is 1.58. The predicted octanol–water partition coefficient (Wildman–Crippen LogP) is 5.26. The number of nitrogen functional groups attached to an aromatic ring is 1. The van der Waals surface area contributed by atoms with E-state index in [0.717, 1.165) is 9.92 Å². The zero-order chi connectivity index (χ0) is 15.4. The molecule has 0 atom stereocenters. The summed E-state index contributed by atoms with van der Waals surface area (Å²) in [5.74, 6) is 1.39. The van der Waals surface area contributed by atoms with Crippen LogP contribution in [0.1, 0.15) is 0 Å². The van der Waals surface area contributed by atoms with Crippen LogP contribution in [-0.4, -0.2) is 4.98 Å². The Morgan fingerprint density at radius 1 is 0.955 bits per heavy atom. The van der Waals surface area contributed by atoms with Crippen molar-refractivity contribution < 1.29 is 4.74 Å². The molecule has 0 aliphatic heterocycles. The lowest BCUT2D eigenvalue weighted by Gasteiger charge is -2.09. The Hall–Kier alpha value is -2.17. The number of nitrogens with two attached hydrogens (primary N) is 1. The maximum absolute atomic E-state index is 5.96. The fraction of sp³-hybridized carbons (Fsp3) is 0. The average molecular weight is 329 g/mol. The van der Waals surface area contributed by atoms with Crippen LogP contribution in [0.15, 0.2) is 76.8 Å².